The van der Waals surface area contributed by atoms with E-state index in [0.29, 0.717) is 5.75 Å². The second-order valence-corrected chi connectivity index (χ2v) is 5.02. The molecule has 18 heavy (non-hydrogen) atoms. The maximum Gasteiger partial charge on any atom is 0.416 e. The Kier molecular flexibility index (Phi) is 3.83. The van der Waals surface area contributed by atoms with Crippen molar-refractivity contribution in [2.75, 3.05) is 0 Å². The van der Waals surface area contributed by atoms with Crippen LogP contribution in [0.25, 0.3) is 0 Å². The summed E-state index contributed by atoms with van der Waals surface area (Å²) >= 11 is 0. The Morgan fingerprint density at radius 2 is 1.56 bits per heavy atom. The molecule has 0 radical (unpaired) electrons. The van der Waals surface area contributed by atoms with Gasteiger partial charge in [-0.2, -0.15) is 13.2 Å². The zero-order chi connectivity index (χ0) is 13.2. The number of ether oxygens (including phenoxy) is 1. The SMILES string of the molecule is CC1CCC(Oc2ccc(C(F)(F)F)cc2)CC1. The number of halogens is 3. The fraction of sp³-hybridized carbons (Fsp3) is 0.571. The normalized spacial score (nSPS) is 24.9. The second kappa shape index (κ2) is 5.21. The lowest BCUT2D eigenvalue weighted by Gasteiger charge is -2.26. The molecule has 0 atom stereocenters. The van der Waals surface area contributed by atoms with Gasteiger partial charge in [-0.05, 0) is 55.9 Å². The number of alkyl halides is 3. The van der Waals surface area contributed by atoms with Gasteiger partial charge in [0.15, 0.2) is 0 Å². The molecule has 4 heteroatoms. The Morgan fingerprint density at radius 3 is 2.06 bits per heavy atom. The Bertz CT molecular complexity index is 375. The lowest BCUT2D eigenvalue weighted by Crippen LogP contribution is -2.23. The van der Waals surface area contributed by atoms with E-state index in [9.17, 15) is 13.2 Å². The maximum absolute atomic E-state index is 12.4. The van der Waals surface area contributed by atoms with Crippen LogP contribution in [0.3, 0.4) is 0 Å². The first kappa shape index (κ1) is 13.2. The molecular weight excluding hydrogens is 241 g/mol. The summed E-state index contributed by atoms with van der Waals surface area (Å²) < 4.78 is 42.8. The van der Waals surface area contributed by atoms with Crippen LogP contribution in [-0.2, 0) is 6.18 Å². The predicted molar refractivity (Wildman–Crippen MR) is 63.5 cm³/mol. The average molecular weight is 258 g/mol. The topological polar surface area (TPSA) is 9.23 Å². The highest BCUT2D eigenvalue weighted by atomic mass is 19.4. The van der Waals surface area contributed by atoms with Crippen LogP contribution in [0, 0.1) is 5.92 Å². The van der Waals surface area contributed by atoms with Crippen LogP contribution in [0.4, 0.5) is 13.2 Å². The molecule has 0 heterocycles. The number of hydrogen-bond acceptors (Lipinski definition) is 1. The molecule has 1 aliphatic rings. The Morgan fingerprint density at radius 1 is 1.00 bits per heavy atom. The smallest absolute Gasteiger partial charge is 0.416 e. The molecule has 1 nitrogen and oxygen atoms in total. The highest BCUT2D eigenvalue weighted by Crippen LogP contribution is 2.31. The molecule has 0 aliphatic heterocycles. The Labute approximate surface area is 105 Å². The van der Waals surface area contributed by atoms with E-state index in [0.717, 1.165) is 43.7 Å². The average Bonchev–Trinajstić information content (AvgIpc) is 2.32. The molecule has 0 bridgehead atoms. The van der Waals surface area contributed by atoms with Gasteiger partial charge in [-0.25, -0.2) is 0 Å². The molecule has 0 unspecified atom stereocenters. The van der Waals surface area contributed by atoms with Crippen LogP contribution in [0.1, 0.15) is 38.2 Å². The molecule has 0 N–H and O–H groups in total. The molecule has 1 aromatic carbocycles. The molecule has 1 aliphatic carbocycles. The predicted octanol–water partition coefficient (Wildman–Crippen LogP) is 4.66. The lowest BCUT2D eigenvalue weighted by molar-refractivity contribution is -0.137. The third kappa shape index (κ3) is 3.40. The van der Waals surface area contributed by atoms with Crippen LogP contribution in [0.2, 0.25) is 0 Å². The fourth-order valence-electron chi connectivity index (χ4n) is 2.26. The van der Waals surface area contributed by atoms with E-state index in [1.807, 2.05) is 0 Å². The van der Waals surface area contributed by atoms with E-state index >= 15 is 0 Å². The second-order valence-electron chi connectivity index (χ2n) is 5.02. The van der Waals surface area contributed by atoms with Gasteiger partial charge < -0.3 is 4.74 Å². The van der Waals surface area contributed by atoms with E-state index < -0.39 is 11.7 Å². The van der Waals surface area contributed by atoms with Crippen LogP contribution >= 0.6 is 0 Å². The first-order valence-electron chi connectivity index (χ1n) is 6.29. The summed E-state index contributed by atoms with van der Waals surface area (Å²) in [5.41, 5.74) is -0.632. The molecular formula is C14H17F3O. The monoisotopic (exact) mass is 258 g/mol. The Balaban J connectivity index is 1.94. The summed E-state index contributed by atoms with van der Waals surface area (Å²) in [6, 6.07) is 4.95. The minimum absolute atomic E-state index is 0.151. The molecule has 1 fully saturated rings. The molecule has 0 aromatic heterocycles. The largest absolute Gasteiger partial charge is 0.490 e. The van der Waals surface area contributed by atoms with Crippen molar-refractivity contribution >= 4 is 0 Å². The van der Waals surface area contributed by atoms with Gasteiger partial charge in [0.2, 0.25) is 0 Å². The highest BCUT2D eigenvalue weighted by Gasteiger charge is 2.30. The first-order chi connectivity index (χ1) is 8.45. The fourth-order valence-corrected chi connectivity index (χ4v) is 2.26. The zero-order valence-electron chi connectivity index (χ0n) is 10.3. The van der Waals surface area contributed by atoms with Crippen molar-refractivity contribution in [2.45, 2.75) is 44.9 Å². The molecule has 1 aromatic rings. The molecule has 0 spiro atoms. The van der Waals surface area contributed by atoms with Crippen molar-refractivity contribution in [3.63, 3.8) is 0 Å². The van der Waals surface area contributed by atoms with E-state index in [-0.39, 0.29) is 6.10 Å². The van der Waals surface area contributed by atoms with Gasteiger partial charge in [0.1, 0.15) is 5.75 Å². The van der Waals surface area contributed by atoms with Crippen LogP contribution in [0.15, 0.2) is 24.3 Å². The summed E-state index contributed by atoms with van der Waals surface area (Å²) in [4.78, 5) is 0. The van der Waals surface area contributed by atoms with Gasteiger partial charge in [0, 0.05) is 0 Å². The zero-order valence-corrected chi connectivity index (χ0v) is 10.3. The van der Waals surface area contributed by atoms with E-state index in [2.05, 4.69) is 6.92 Å². The first-order valence-corrected chi connectivity index (χ1v) is 6.29. The third-order valence-corrected chi connectivity index (χ3v) is 3.45. The molecule has 2 rings (SSSR count). The summed E-state index contributed by atoms with van der Waals surface area (Å²) in [7, 11) is 0. The molecule has 100 valence electrons. The summed E-state index contributed by atoms with van der Waals surface area (Å²) in [5, 5.41) is 0. The highest BCUT2D eigenvalue weighted by molar-refractivity contribution is 5.29. The standard InChI is InChI=1S/C14H17F3O/c1-10-2-6-12(7-3-10)18-13-8-4-11(5-9-13)14(15,16)17/h4-5,8-10,12H,2-3,6-7H2,1H3. The van der Waals surface area contributed by atoms with Crippen molar-refractivity contribution in [3.05, 3.63) is 29.8 Å². The van der Waals surface area contributed by atoms with Crippen molar-refractivity contribution in [1.29, 1.82) is 0 Å². The molecule has 0 amide bonds. The van der Waals surface area contributed by atoms with Crippen molar-refractivity contribution in [1.82, 2.24) is 0 Å². The number of hydrogen-bond donors (Lipinski definition) is 0. The van der Waals surface area contributed by atoms with Crippen LogP contribution in [-0.4, -0.2) is 6.10 Å². The van der Waals surface area contributed by atoms with Crippen molar-refractivity contribution in [3.8, 4) is 5.75 Å². The van der Waals surface area contributed by atoms with Crippen LogP contribution < -0.4 is 4.74 Å². The summed E-state index contributed by atoms with van der Waals surface area (Å²) in [6.07, 6.45) is 0.109. The van der Waals surface area contributed by atoms with Crippen molar-refractivity contribution in [2.24, 2.45) is 5.92 Å². The van der Waals surface area contributed by atoms with E-state index in [1.54, 1.807) is 0 Å². The minimum atomic E-state index is -4.28. The van der Waals surface area contributed by atoms with Gasteiger partial charge in [0.25, 0.3) is 0 Å². The van der Waals surface area contributed by atoms with Gasteiger partial charge in [-0.3, -0.25) is 0 Å². The maximum atomic E-state index is 12.4. The quantitative estimate of drug-likeness (QED) is 0.749. The van der Waals surface area contributed by atoms with Gasteiger partial charge in [-0.1, -0.05) is 6.92 Å². The van der Waals surface area contributed by atoms with E-state index in [4.69, 9.17) is 4.74 Å². The summed E-state index contributed by atoms with van der Waals surface area (Å²) in [6.45, 7) is 2.22. The number of rotatable bonds is 2. The third-order valence-electron chi connectivity index (χ3n) is 3.45. The van der Waals surface area contributed by atoms with Gasteiger partial charge in [0.05, 0.1) is 11.7 Å². The lowest BCUT2D eigenvalue weighted by atomic mass is 9.89. The Hall–Kier alpha value is -1.19. The van der Waals surface area contributed by atoms with Gasteiger partial charge in [-0.15, -0.1) is 0 Å². The van der Waals surface area contributed by atoms with Crippen LogP contribution in [0.5, 0.6) is 5.75 Å². The van der Waals surface area contributed by atoms with Crippen molar-refractivity contribution < 1.29 is 17.9 Å². The minimum Gasteiger partial charge on any atom is -0.490 e. The number of benzene rings is 1. The molecule has 0 saturated heterocycles. The van der Waals surface area contributed by atoms with Gasteiger partial charge >= 0.3 is 6.18 Å². The molecule has 1 saturated carbocycles. The summed E-state index contributed by atoms with van der Waals surface area (Å²) in [5.74, 6) is 1.26. The van der Waals surface area contributed by atoms with E-state index in [1.165, 1.54) is 12.1 Å².